The molecule has 3 rings (SSSR count). The highest BCUT2D eigenvalue weighted by atomic mass is 32.1. The van der Waals surface area contributed by atoms with Gasteiger partial charge in [0, 0.05) is 28.4 Å². The Morgan fingerprint density at radius 2 is 1.96 bits per heavy atom. The van der Waals surface area contributed by atoms with Gasteiger partial charge in [-0.15, -0.1) is 11.3 Å². The first-order valence-corrected chi connectivity index (χ1v) is 8.46. The van der Waals surface area contributed by atoms with Crippen LogP contribution in [0.2, 0.25) is 0 Å². The van der Waals surface area contributed by atoms with Crippen molar-refractivity contribution in [1.29, 1.82) is 0 Å². The number of aryl methyl sites for hydroxylation is 2. The number of fused-ring (bicyclic) bond motifs is 1. The van der Waals surface area contributed by atoms with Gasteiger partial charge in [0.1, 0.15) is 0 Å². The van der Waals surface area contributed by atoms with Crippen LogP contribution < -0.4 is 0 Å². The van der Waals surface area contributed by atoms with Gasteiger partial charge in [0.25, 0.3) is 5.91 Å². The van der Waals surface area contributed by atoms with Gasteiger partial charge in [-0.1, -0.05) is 0 Å². The molecule has 2 N–H and O–H groups in total. The van der Waals surface area contributed by atoms with E-state index in [0.717, 1.165) is 10.9 Å². The van der Waals surface area contributed by atoms with Gasteiger partial charge in [-0.25, -0.2) is 4.39 Å². The number of benzene rings is 1. The molecule has 5 nitrogen and oxygen atoms in total. The van der Waals surface area contributed by atoms with E-state index in [9.17, 15) is 19.1 Å². The van der Waals surface area contributed by atoms with Crippen molar-refractivity contribution in [3.05, 3.63) is 51.1 Å². The molecule has 0 aliphatic rings. The Morgan fingerprint density at radius 3 is 2.56 bits per heavy atom. The maximum atomic E-state index is 13.9. The van der Waals surface area contributed by atoms with Crippen LogP contribution in [-0.4, -0.2) is 26.7 Å². The molecule has 2 heterocycles. The fraction of sp³-hybridized carbons (Fsp3) is 0.222. The highest BCUT2D eigenvalue weighted by Crippen LogP contribution is 2.33. The van der Waals surface area contributed by atoms with Crippen molar-refractivity contribution >= 4 is 34.1 Å². The lowest BCUT2D eigenvalue weighted by Gasteiger charge is -2.06. The van der Waals surface area contributed by atoms with Crippen LogP contribution in [0.1, 0.15) is 32.2 Å². The molecule has 0 aliphatic carbocycles. The molecule has 2 aromatic heterocycles. The summed E-state index contributed by atoms with van der Waals surface area (Å²) in [5.41, 5.74) is 1.50. The molecule has 0 radical (unpaired) electrons. The summed E-state index contributed by atoms with van der Waals surface area (Å²) in [5.74, 6) is -2.62. The number of aromatic nitrogens is 1. The van der Waals surface area contributed by atoms with Gasteiger partial charge in [0.05, 0.1) is 10.4 Å². The number of aliphatic carboxylic acids is 1. The van der Waals surface area contributed by atoms with Crippen LogP contribution >= 0.6 is 11.3 Å². The molecule has 0 saturated carbocycles. The third-order valence-electron chi connectivity index (χ3n) is 4.15. The minimum Gasteiger partial charge on any atom is -0.505 e. The van der Waals surface area contributed by atoms with Gasteiger partial charge in [-0.3, -0.25) is 14.2 Å². The number of nitrogens with zero attached hydrogens (tertiary/aromatic N) is 1. The lowest BCUT2D eigenvalue weighted by Crippen LogP contribution is -2.12. The Morgan fingerprint density at radius 1 is 1.24 bits per heavy atom. The number of halogens is 1. The zero-order valence-electron chi connectivity index (χ0n) is 13.7. The monoisotopic (exact) mass is 361 g/mol. The third kappa shape index (κ3) is 3.02. The topological polar surface area (TPSA) is 79.5 Å². The molecule has 130 valence electrons. The summed E-state index contributed by atoms with van der Waals surface area (Å²) in [7, 11) is 0. The predicted molar refractivity (Wildman–Crippen MR) is 93.0 cm³/mol. The maximum Gasteiger partial charge on any atom is 0.303 e. The van der Waals surface area contributed by atoms with Gasteiger partial charge in [-0.05, 0) is 44.0 Å². The summed E-state index contributed by atoms with van der Waals surface area (Å²) in [6.07, 6.45) is 0.0663. The van der Waals surface area contributed by atoms with Gasteiger partial charge in [0.2, 0.25) is 0 Å². The summed E-state index contributed by atoms with van der Waals surface area (Å²) in [4.78, 5) is 25.3. The van der Waals surface area contributed by atoms with Crippen LogP contribution in [0.15, 0.2) is 24.3 Å². The SMILES string of the molecule is Cc1ccc(C(=O)n2c(C)c(CCC(=O)O)c3cc(O)c(F)cc32)s1. The normalized spacial score (nSPS) is 11.2. The highest BCUT2D eigenvalue weighted by molar-refractivity contribution is 7.14. The molecule has 0 bridgehead atoms. The second kappa shape index (κ2) is 6.33. The largest absolute Gasteiger partial charge is 0.505 e. The molecule has 7 heteroatoms. The van der Waals surface area contributed by atoms with E-state index in [4.69, 9.17) is 5.11 Å². The summed E-state index contributed by atoms with van der Waals surface area (Å²) in [6, 6.07) is 5.90. The quantitative estimate of drug-likeness (QED) is 0.739. The Bertz CT molecular complexity index is 1000. The molecule has 0 amide bonds. The Balaban J connectivity index is 2.23. The Hall–Kier alpha value is -2.67. The van der Waals surface area contributed by atoms with Gasteiger partial charge in [-0.2, -0.15) is 0 Å². The summed E-state index contributed by atoms with van der Waals surface area (Å²) < 4.78 is 15.3. The molecule has 0 saturated heterocycles. The average Bonchev–Trinajstić information content (AvgIpc) is 3.07. The molecule has 0 atom stereocenters. The van der Waals surface area contributed by atoms with Crippen LogP contribution in [0.4, 0.5) is 4.39 Å². The van der Waals surface area contributed by atoms with Crippen LogP contribution in [-0.2, 0) is 11.2 Å². The number of phenolic OH excluding ortho intramolecular Hbond substituents is 1. The fourth-order valence-corrected chi connectivity index (χ4v) is 3.76. The molecule has 3 aromatic rings. The van der Waals surface area contributed by atoms with Crippen LogP contribution in [0.25, 0.3) is 10.9 Å². The first-order chi connectivity index (χ1) is 11.8. The number of carbonyl (C=O) groups is 2. The number of carboxylic acid groups (broad SMARTS) is 1. The van der Waals surface area contributed by atoms with Crippen molar-refractivity contribution in [2.75, 3.05) is 0 Å². The summed E-state index contributed by atoms with van der Waals surface area (Å²) in [6.45, 7) is 3.59. The third-order valence-corrected chi connectivity index (χ3v) is 5.14. The van der Waals surface area contributed by atoms with Gasteiger partial charge < -0.3 is 10.2 Å². The lowest BCUT2D eigenvalue weighted by molar-refractivity contribution is -0.136. The van der Waals surface area contributed by atoms with E-state index in [0.29, 0.717) is 27.0 Å². The van der Waals surface area contributed by atoms with Gasteiger partial charge >= 0.3 is 5.97 Å². The molecular formula is C18H16FNO4S. The molecule has 0 unspecified atom stereocenters. The van der Waals surface area contributed by atoms with Crippen molar-refractivity contribution < 1.29 is 24.2 Å². The molecule has 25 heavy (non-hydrogen) atoms. The minimum absolute atomic E-state index is 0.121. The summed E-state index contributed by atoms with van der Waals surface area (Å²) in [5, 5.41) is 19.1. The van der Waals surface area contributed by atoms with E-state index in [1.807, 2.05) is 13.0 Å². The van der Waals surface area contributed by atoms with Crippen LogP contribution in [0.5, 0.6) is 5.75 Å². The fourth-order valence-electron chi connectivity index (χ4n) is 2.96. The standard InChI is InChI=1S/C18H16FNO4S/c1-9-3-5-16(25-9)18(24)20-10(2)11(4-6-17(22)23)12-7-15(21)13(19)8-14(12)20/h3,5,7-8,21H,4,6H2,1-2H3,(H,22,23). The zero-order chi connectivity index (χ0) is 18.3. The maximum absolute atomic E-state index is 13.9. The Kier molecular flexibility index (Phi) is 4.34. The number of carboxylic acids is 1. The number of hydrogen-bond donors (Lipinski definition) is 2. The lowest BCUT2D eigenvalue weighted by atomic mass is 10.1. The first-order valence-electron chi connectivity index (χ1n) is 7.65. The number of thiophene rings is 1. The van der Waals surface area contributed by atoms with E-state index < -0.39 is 17.5 Å². The molecule has 0 aliphatic heterocycles. The Labute approximate surface area is 146 Å². The highest BCUT2D eigenvalue weighted by Gasteiger charge is 2.22. The molecule has 1 aromatic carbocycles. The molecule has 0 spiro atoms. The van der Waals surface area contributed by atoms with Crippen molar-refractivity contribution in [1.82, 2.24) is 4.57 Å². The van der Waals surface area contributed by atoms with Crippen molar-refractivity contribution in [3.63, 3.8) is 0 Å². The molecular weight excluding hydrogens is 345 g/mol. The van der Waals surface area contributed by atoms with Crippen molar-refractivity contribution in [2.45, 2.75) is 26.7 Å². The first kappa shape index (κ1) is 17.2. The molecule has 0 fully saturated rings. The number of carbonyl (C=O) groups excluding carboxylic acids is 1. The van der Waals surface area contributed by atoms with Crippen LogP contribution in [0.3, 0.4) is 0 Å². The second-order valence-corrected chi connectivity index (χ2v) is 7.12. The second-order valence-electron chi connectivity index (χ2n) is 5.83. The van der Waals surface area contributed by atoms with E-state index >= 15 is 0 Å². The number of phenols is 1. The van der Waals surface area contributed by atoms with Crippen molar-refractivity contribution in [3.8, 4) is 5.75 Å². The minimum atomic E-state index is -0.966. The van der Waals surface area contributed by atoms with E-state index in [1.54, 1.807) is 13.0 Å². The van der Waals surface area contributed by atoms with E-state index in [-0.39, 0.29) is 18.7 Å². The summed E-state index contributed by atoms with van der Waals surface area (Å²) >= 11 is 1.34. The predicted octanol–water partition coefficient (Wildman–Crippen LogP) is 3.87. The van der Waals surface area contributed by atoms with Crippen LogP contribution in [0, 0.1) is 19.7 Å². The number of rotatable bonds is 4. The number of hydrogen-bond acceptors (Lipinski definition) is 4. The number of aromatic hydroxyl groups is 1. The van der Waals surface area contributed by atoms with Crippen molar-refractivity contribution in [2.24, 2.45) is 0 Å². The average molecular weight is 361 g/mol. The zero-order valence-corrected chi connectivity index (χ0v) is 14.5. The van der Waals surface area contributed by atoms with E-state index in [2.05, 4.69) is 0 Å². The van der Waals surface area contributed by atoms with E-state index in [1.165, 1.54) is 22.0 Å². The van der Waals surface area contributed by atoms with Gasteiger partial charge in [0.15, 0.2) is 11.6 Å². The smallest absolute Gasteiger partial charge is 0.303 e.